The van der Waals surface area contributed by atoms with E-state index >= 15 is 0 Å². The SMILES string of the molecule is CC(=O)N[C@H](Cc1c[nH]c2ccccc12)C(=O)Nc1ccc(N(C)C)nc1. The van der Waals surface area contributed by atoms with E-state index in [-0.39, 0.29) is 11.8 Å². The zero-order valence-electron chi connectivity index (χ0n) is 15.6. The minimum Gasteiger partial charge on any atom is -0.363 e. The third-order valence-electron chi connectivity index (χ3n) is 4.27. The highest BCUT2D eigenvalue weighted by atomic mass is 16.2. The quantitative estimate of drug-likeness (QED) is 0.625. The summed E-state index contributed by atoms with van der Waals surface area (Å²) in [4.78, 5) is 33.7. The molecule has 0 saturated heterocycles. The first-order valence-electron chi connectivity index (χ1n) is 8.70. The fraction of sp³-hybridized carbons (Fsp3) is 0.250. The number of para-hydroxylation sites is 1. The monoisotopic (exact) mass is 365 g/mol. The second kappa shape index (κ2) is 7.90. The van der Waals surface area contributed by atoms with Crippen molar-refractivity contribution in [1.29, 1.82) is 0 Å². The van der Waals surface area contributed by atoms with Gasteiger partial charge in [-0.2, -0.15) is 0 Å². The molecule has 0 aliphatic carbocycles. The van der Waals surface area contributed by atoms with Crippen molar-refractivity contribution in [2.45, 2.75) is 19.4 Å². The predicted molar refractivity (Wildman–Crippen MR) is 107 cm³/mol. The number of amides is 2. The van der Waals surface area contributed by atoms with Crippen LogP contribution in [0.3, 0.4) is 0 Å². The third-order valence-corrected chi connectivity index (χ3v) is 4.27. The first-order chi connectivity index (χ1) is 12.9. The van der Waals surface area contributed by atoms with E-state index in [1.54, 1.807) is 12.3 Å². The Hall–Kier alpha value is -3.35. The van der Waals surface area contributed by atoms with Crippen LogP contribution in [-0.4, -0.2) is 41.9 Å². The van der Waals surface area contributed by atoms with Crippen LogP contribution in [0.1, 0.15) is 12.5 Å². The second-order valence-electron chi connectivity index (χ2n) is 6.61. The summed E-state index contributed by atoms with van der Waals surface area (Å²) in [5, 5.41) is 6.61. The summed E-state index contributed by atoms with van der Waals surface area (Å²) < 4.78 is 0. The van der Waals surface area contributed by atoms with Gasteiger partial charge in [-0.15, -0.1) is 0 Å². The number of rotatable bonds is 6. The van der Waals surface area contributed by atoms with Crippen molar-refractivity contribution in [2.75, 3.05) is 24.3 Å². The van der Waals surface area contributed by atoms with Crippen LogP contribution in [0.5, 0.6) is 0 Å². The van der Waals surface area contributed by atoms with Gasteiger partial charge in [-0.1, -0.05) is 18.2 Å². The minimum atomic E-state index is -0.685. The highest BCUT2D eigenvalue weighted by Gasteiger charge is 2.21. The molecule has 3 rings (SSSR count). The van der Waals surface area contributed by atoms with Gasteiger partial charge in [0.25, 0.3) is 0 Å². The normalized spacial score (nSPS) is 11.8. The molecule has 2 aromatic heterocycles. The minimum absolute atomic E-state index is 0.254. The Morgan fingerprint density at radius 1 is 1.19 bits per heavy atom. The molecule has 3 aromatic rings. The largest absolute Gasteiger partial charge is 0.363 e. The van der Waals surface area contributed by atoms with Gasteiger partial charge in [-0.05, 0) is 23.8 Å². The molecule has 0 bridgehead atoms. The Balaban J connectivity index is 1.77. The molecule has 0 spiro atoms. The average Bonchev–Trinajstić information content (AvgIpc) is 3.04. The molecule has 7 nitrogen and oxygen atoms in total. The van der Waals surface area contributed by atoms with Crippen molar-refractivity contribution in [2.24, 2.45) is 0 Å². The number of nitrogens with zero attached hydrogens (tertiary/aromatic N) is 2. The number of aromatic amines is 1. The van der Waals surface area contributed by atoms with Gasteiger partial charge in [0.15, 0.2) is 0 Å². The Kier molecular flexibility index (Phi) is 5.40. The number of carbonyl (C=O) groups excluding carboxylic acids is 2. The summed E-state index contributed by atoms with van der Waals surface area (Å²) >= 11 is 0. The Morgan fingerprint density at radius 3 is 2.63 bits per heavy atom. The molecule has 140 valence electrons. The van der Waals surface area contributed by atoms with Crippen molar-refractivity contribution >= 4 is 34.2 Å². The zero-order chi connectivity index (χ0) is 19.4. The van der Waals surface area contributed by atoms with Crippen LogP contribution in [0.25, 0.3) is 10.9 Å². The lowest BCUT2D eigenvalue weighted by Crippen LogP contribution is -2.44. The molecule has 2 heterocycles. The van der Waals surface area contributed by atoms with Crippen LogP contribution in [0.2, 0.25) is 0 Å². The summed E-state index contributed by atoms with van der Waals surface area (Å²) in [6.45, 7) is 1.41. The van der Waals surface area contributed by atoms with Crippen LogP contribution in [-0.2, 0) is 16.0 Å². The van der Waals surface area contributed by atoms with Gasteiger partial charge in [0, 0.05) is 44.5 Å². The number of H-pyrrole nitrogens is 1. The molecule has 7 heteroatoms. The third kappa shape index (κ3) is 4.44. The first-order valence-corrected chi connectivity index (χ1v) is 8.70. The van der Waals surface area contributed by atoms with E-state index < -0.39 is 6.04 Å². The van der Waals surface area contributed by atoms with Gasteiger partial charge in [0.2, 0.25) is 11.8 Å². The van der Waals surface area contributed by atoms with Gasteiger partial charge in [-0.3, -0.25) is 9.59 Å². The molecule has 1 aromatic carbocycles. The zero-order valence-corrected chi connectivity index (χ0v) is 15.6. The second-order valence-corrected chi connectivity index (χ2v) is 6.61. The van der Waals surface area contributed by atoms with E-state index in [0.29, 0.717) is 12.1 Å². The van der Waals surface area contributed by atoms with Crippen molar-refractivity contribution < 1.29 is 9.59 Å². The van der Waals surface area contributed by atoms with Crippen LogP contribution >= 0.6 is 0 Å². The van der Waals surface area contributed by atoms with Gasteiger partial charge in [-0.25, -0.2) is 4.98 Å². The molecule has 0 aliphatic heterocycles. The van der Waals surface area contributed by atoms with E-state index in [9.17, 15) is 9.59 Å². The molecule has 27 heavy (non-hydrogen) atoms. The van der Waals surface area contributed by atoms with Crippen molar-refractivity contribution in [3.8, 4) is 0 Å². The molecule has 0 fully saturated rings. The van der Waals surface area contributed by atoms with Gasteiger partial charge >= 0.3 is 0 Å². The lowest BCUT2D eigenvalue weighted by atomic mass is 10.0. The molecule has 1 atom stereocenters. The molecular formula is C20H23N5O2. The number of fused-ring (bicyclic) bond motifs is 1. The van der Waals surface area contributed by atoms with Crippen molar-refractivity contribution in [3.05, 3.63) is 54.4 Å². The first kappa shape index (κ1) is 18.4. The van der Waals surface area contributed by atoms with Crippen LogP contribution in [0.15, 0.2) is 48.8 Å². The van der Waals surface area contributed by atoms with Crippen LogP contribution < -0.4 is 15.5 Å². The fourth-order valence-corrected chi connectivity index (χ4v) is 2.93. The lowest BCUT2D eigenvalue weighted by molar-refractivity contribution is -0.125. The number of pyridine rings is 1. The average molecular weight is 365 g/mol. The van der Waals surface area contributed by atoms with E-state index in [2.05, 4.69) is 20.6 Å². The molecular weight excluding hydrogens is 342 g/mol. The molecule has 0 aliphatic rings. The maximum atomic E-state index is 12.8. The fourth-order valence-electron chi connectivity index (χ4n) is 2.93. The molecule has 0 saturated carbocycles. The number of benzene rings is 1. The Morgan fingerprint density at radius 2 is 1.96 bits per heavy atom. The number of hydrogen-bond donors (Lipinski definition) is 3. The van der Waals surface area contributed by atoms with E-state index in [4.69, 9.17) is 0 Å². The van der Waals surface area contributed by atoms with E-state index in [1.165, 1.54) is 6.92 Å². The maximum Gasteiger partial charge on any atom is 0.247 e. The Bertz CT molecular complexity index is 946. The summed E-state index contributed by atoms with van der Waals surface area (Å²) in [5.74, 6) is 0.260. The number of hydrogen-bond acceptors (Lipinski definition) is 4. The highest BCUT2D eigenvalue weighted by Crippen LogP contribution is 2.20. The summed E-state index contributed by atoms with van der Waals surface area (Å²) in [6.07, 6.45) is 3.86. The van der Waals surface area contributed by atoms with Crippen molar-refractivity contribution in [3.63, 3.8) is 0 Å². The summed E-state index contributed by atoms with van der Waals surface area (Å²) in [5.41, 5.74) is 2.55. The predicted octanol–water partition coefficient (Wildman–Crippen LogP) is 2.31. The maximum absolute atomic E-state index is 12.8. The van der Waals surface area contributed by atoms with Crippen LogP contribution in [0, 0.1) is 0 Å². The number of carbonyl (C=O) groups is 2. The molecule has 3 N–H and O–H groups in total. The van der Waals surface area contributed by atoms with Crippen LogP contribution in [0.4, 0.5) is 11.5 Å². The molecule has 2 amide bonds. The van der Waals surface area contributed by atoms with Gasteiger partial charge < -0.3 is 20.5 Å². The number of anilines is 2. The van der Waals surface area contributed by atoms with Gasteiger partial charge in [0.05, 0.1) is 11.9 Å². The van der Waals surface area contributed by atoms with E-state index in [1.807, 2.05) is 55.5 Å². The molecule has 0 radical (unpaired) electrons. The molecule has 0 unspecified atom stereocenters. The summed E-state index contributed by atoms with van der Waals surface area (Å²) in [6, 6.07) is 10.8. The van der Waals surface area contributed by atoms with Crippen molar-refractivity contribution in [1.82, 2.24) is 15.3 Å². The van der Waals surface area contributed by atoms with Gasteiger partial charge in [0.1, 0.15) is 11.9 Å². The Labute approximate surface area is 157 Å². The topological polar surface area (TPSA) is 90.1 Å². The van der Waals surface area contributed by atoms with E-state index in [0.717, 1.165) is 22.3 Å². The summed E-state index contributed by atoms with van der Waals surface area (Å²) in [7, 11) is 3.79. The lowest BCUT2D eigenvalue weighted by Gasteiger charge is -2.18. The highest BCUT2D eigenvalue weighted by molar-refractivity contribution is 5.97. The standard InChI is InChI=1S/C20H23N5O2/c1-13(26)23-18(10-14-11-21-17-7-5-4-6-16(14)17)20(27)24-15-8-9-19(22-12-15)25(2)3/h4-9,11-12,18,21H,10H2,1-3H3,(H,23,26)(H,24,27)/t18-/m1/s1. The smallest absolute Gasteiger partial charge is 0.247 e. The number of aromatic nitrogens is 2. The number of nitrogens with one attached hydrogen (secondary N) is 3.